The van der Waals surface area contributed by atoms with Gasteiger partial charge < -0.3 is 5.32 Å². The summed E-state index contributed by atoms with van der Waals surface area (Å²) in [7, 11) is 0. The minimum atomic E-state index is -1.05. The number of benzene rings is 2. The van der Waals surface area contributed by atoms with Crippen molar-refractivity contribution in [1.29, 1.82) is 0 Å². The summed E-state index contributed by atoms with van der Waals surface area (Å²) in [4.78, 5) is 0. The van der Waals surface area contributed by atoms with Crippen LogP contribution < -0.4 is 5.32 Å². The molecule has 2 heteroatoms. The predicted octanol–water partition coefficient (Wildman–Crippen LogP) is 4.28. The maximum absolute atomic E-state index is 14.7. The third kappa shape index (κ3) is 2.23. The summed E-state index contributed by atoms with van der Waals surface area (Å²) in [6, 6.07) is 13.7. The van der Waals surface area contributed by atoms with Gasteiger partial charge in [-0.25, -0.2) is 4.39 Å². The molecule has 0 spiro atoms. The molecule has 0 amide bonds. The monoisotopic (exact) mass is 255 g/mol. The van der Waals surface area contributed by atoms with E-state index in [-0.39, 0.29) is 0 Å². The highest BCUT2D eigenvalue weighted by Gasteiger charge is 2.21. The van der Waals surface area contributed by atoms with Crippen LogP contribution in [0.25, 0.3) is 0 Å². The maximum Gasteiger partial charge on any atom is 0.152 e. The van der Waals surface area contributed by atoms with Crippen molar-refractivity contribution >= 4 is 5.69 Å². The van der Waals surface area contributed by atoms with Gasteiger partial charge in [0.15, 0.2) is 6.17 Å². The fourth-order valence-corrected chi connectivity index (χ4v) is 2.68. The van der Waals surface area contributed by atoms with Crippen molar-refractivity contribution in [2.75, 3.05) is 11.9 Å². The molecular formula is C17H18FN. The number of rotatable bonds is 3. The van der Waals surface area contributed by atoms with E-state index >= 15 is 0 Å². The topological polar surface area (TPSA) is 12.0 Å². The highest BCUT2D eigenvalue weighted by Crippen LogP contribution is 2.36. The molecular weight excluding hydrogens is 237 g/mol. The molecule has 3 rings (SSSR count). The lowest BCUT2D eigenvalue weighted by molar-refractivity contribution is 0.403. The molecule has 0 saturated carbocycles. The molecule has 1 N–H and O–H groups in total. The van der Waals surface area contributed by atoms with Crippen LogP contribution in [0.1, 0.15) is 35.3 Å². The van der Waals surface area contributed by atoms with E-state index in [2.05, 4.69) is 18.3 Å². The van der Waals surface area contributed by atoms with Crippen molar-refractivity contribution in [3.05, 3.63) is 64.7 Å². The first kappa shape index (κ1) is 12.2. The largest absolute Gasteiger partial charge is 0.384 e. The Kier molecular flexibility index (Phi) is 3.24. The molecule has 0 bridgehead atoms. The zero-order valence-corrected chi connectivity index (χ0v) is 11.1. The van der Waals surface area contributed by atoms with E-state index in [9.17, 15) is 4.39 Å². The molecule has 0 aliphatic carbocycles. The number of anilines is 1. The third-order valence-electron chi connectivity index (χ3n) is 3.83. The summed E-state index contributed by atoms with van der Waals surface area (Å²) < 4.78 is 14.7. The Morgan fingerprint density at radius 1 is 1.16 bits per heavy atom. The number of hydrogen-bond acceptors (Lipinski definition) is 1. The SMILES string of the molecule is CCc1ccc(C(F)c2cccc3c2NCC3)cc1. The van der Waals surface area contributed by atoms with E-state index in [1.54, 1.807) is 0 Å². The van der Waals surface area contributed by atoms with Crippen LogP contribution in [0.3, 0.4) is 0 Å². The summed E-state index contributed by atoms with van der Waals surface area (Å²) in [5, 5.41) is 3.30. The summed E-state index contributed by atoms with van der Waals surface area (Å²) >= 11 is 0. The Hall–Kier alpha value is -1.83. The number of alkyl halides is 1. The third-order valence-corrected chi connectivity index (χ3v) is 3.83. The van der Waals surface area contributed by atoms with Crippen LogP contribution >= 0.6 is 0 Å². The molecule has 1 aliphatic rings. The van der Waals surface area contributed by atoms with Crippen LogP contribution in [0, 0.1) is 0 Å². The summed E-state index contributed by atoms with van der Waals surface area (Å²) in [5.41, 5.74) is 4.96. The normalized spacial score (nSPS) is 14.8. The standard InChI is InChI=1S/C17H18FN/c1-2-12-6-8-13(9-7-12)16(18)15-5-3-4-14-10-11-19-17(14)15/h3-9,16,19H,2,10-11H2,1H3. The van der Waals surface area contributed by atoms with Crippen molar-refractivity contribution in [2.24, 2.45) is 0 Å². The number of nitrogens with one attached hydrogen (secondary N) is 1. The summed E-state index contributed by atoms with van der Waals surface area (Å²) in [6.45, 7) is 3.02. The molecule has 1 unspecified atom stereocenters. The smallest absolute Gasteiger partial charge is 0.152 e. The van der Waals surface area contributed by atoms with Crippen molar-refractivity contribution < 1.29 is 4.39 Å². The van der Waals surface area contributed by atoms with Crippen molar-refractivity contribution in [1.82, 2.24) is 0 Å². The van der Waals surface area contributed by atoms with Gasteiger partial charge >= 0.3 is 0 Å². The Morgan fingerprint density at radius 3 is 2.68 bits per heavy atom. The molecule has 1 nitrogen and oxygen atoms in total. The van der Waals surface area contributed by atoms with Crippen LogP contribution in [0.5, 0.6) is 0 Å². The van der Waals surface area contributed by atoms with E-state index < -0.39 is 6.17 Å². The van der Waals surface area contributed by atoms with Crippen LogP contribution in [0.15, 0.2) is 42.5 Å². The average Bonchev–Trinajstić information content (AvgIpc) is 2.95. The molecule has 19 heavy (non-hydrogen) atoms. The molecule has 1 aliphatic heterocycles. The minimum absolute atomic E-state index is 0.735. The summed E-state index contributed by atoms with van der Waals surface area (Å²) in [5.74, 6) is 0. The highest BCUT2D eigenvalue weighted by molar-refractivity contribution is 5.63. The van der Waals surface area contributed by atoms with E-state index in [1.807, 2.05) is 36.4 Å². The molecule has 1 atom stereocenters. The average molecular weight is 255 g/mol. The lowest BCUT2D eigenvalue weighted by Crippen LogP contribution is -2.00. The Labute approximate surface area is 113 Å². The van der Waals surface area contributed by atoms with Gasteiger partial charge in [0.2, 0.25) is 0 Å². The van der Waals surface area contributed by atoms with Gasteiger partial charge in [0.1, 0.15) is 0 Å². The Bertz CT molecular complexity index is 574. The molecule has 98 valence electrons. The van der Waals surface area contributed by atoms with Gasteiger partial charge in [0, 0.05) is 17.8 Å². The zero-order valence-electron chi connectivity index (χ0n) is 11.1. The van der Waals surface area contributed by atoms with E-state index in [1.165, 1.54) is 11.1 Å². The van der Waals surface area contributed by atoms with E-state index in [0.29, 0.717) is 0 Å². The second-order valence-electron chi connectivity index (χ2n) is 5.02. The molecule has 0 saturated heterocycles. The second-order valence-corrected chi connectivity index (χ2v) is 5.02. The number of hydrogen-bond donors (Lipinski definition) is 1. The Balaban J connectivity index is 1.95. The van der Waals surface area contributed by atoms with Crippen molar-refractivity contribution in [2.45, 2.75) is 25.9 Å². The molecule has 0 aromatic heterocycles. The van der Waals surface area contributed by atoms with Crippen molar-refractivity contribution in [3.8, 4) is 0 Å². The van der Waals surface area contributed by atoms with Gasteiger partial charge in [-0.3, -0.25) is 0 Å². The number of fused-ring (bicyclic) bond motifs is 1. The molecule has 2 aromatic rings. The number of halogens is 1. The number of para-hydroxylation sites is 1. The number of aryl methyl sites for hydroxylation is 1. The molecule has 0 fully saturated rings. The summed E-state index contributed by atoms with van der Waals surface area (Å²) in [6.07, 6.45) is 0.927. The van der Waals surface area contributed by atoms with Gasteiger partial charge in [-0.05, 0) is 29.5 Å². The van der Waals surface area contributed by atoms with Crippen LogP contribution in [0.2, 0.25) is 0 Å². The fraction of sp³-hybridized carbons (Fsp3) is 0.294. The minimum Gasteiger partial charge on any atom is -0.384 e. The van der Waals surface area contributed by atoms with Gasteiger partial charge in [-0.15, -0.1) is 0 Å². The Morgan fingerprint density at radius 2 is 1.95 bits per heavy atom. The second kappa shape index (κ2) is 5.04. The van der Waals surface area contributed by atoms with Gasteiger partial charge in [-0.1, -0.05) is 49.4 Å². The van der Waals surface area contributed by atoms with E-state index in [4.69, 9.17) is 0 Å². The first-order chi connectivity index (χ1) is 9.29. The van der Waals surface area contributed by atoms with Gasteiger partial charge in [0.05, 0.1) is 0 Å². The quantitative estimate of drug-likeness (QED) is 0.863. The van der Waals surface area contributed by atoms with Crippen molar-refractivity contribution in [3.63, 3.8) is 0 Å². The first-order valence-corrected chi connectivity index (χ1v) is 6.88. The zero-order chi connectivity index (χ0) is 13.2. The van der Waals surface area contributed by atoms with Gasteiger partial charge in [-0.2, -0.15) is 0 Å². The van der Waals surface area contributed by atoms with Crippen LogP contribution in [0.4, 0.5) is 10.1 Å². The maximum atomic E-state index is 14.7. The van der Waals surface area contributed by atoms with Gasteiger partial charge in [0.25, 0.3) is 0 Å². The van der Waals surface area contributed by atoms with E-state index in [0.717, 1.165) is 36.2 Å². The highest BCUT2D eigenvalue weighted by atomic mass is 19.1. The molecule has 1 heterocycles. The van der Waals surface area contributed by atoms with Crippen LogP contribution in [-0.2, 0) is 12.8 Å². The first-order valence-electron chi connectivity index (χ1n) is 6.88. The van der Waals surface area contributed by atoms with Crippen LogP contribution in [-0.4, -0.2) is 6.54 Å². The lowest BCUT2D eigenvalue weighted by Gasteiger charge is -2.14. The fourth-order valence-electron chi connectivity index (χ4n) is 2.68. The molecule has 2 aromatic carbocycles. The predicted molar refractivity (Wildman–Crippen MR) is 77.4 cm³/mol. The lowest BCUT2D eigenvalue weighted by atomic mass is 9.98. The molecule has 0 radical (unpaired) electrons.